The molecule has 0 atom stereocenters. The van der Waals surface area contributed by atoms with Crippen molar-refractivity contribution >= 4 is 17.4 Å². The van der Waals surface area contributed by atoms with E-state index in [-0.39, 0.29) is 6.03 Å². The summed E-state index contributed by atoms with van der Waals surface area (Å²) in [6, 6.07) is 17.0. The van der Waals surface area contributed by atoms with Crippen LogP contribution in [0.2, 0.25) is 0 Å². The van der Waals surface area contributed by atoms with E-state index in [1.54, 1.807) is 4.90 Å². The van der Waals surface area contributed by atoms with Gasteiger partial charge in [0.05, 0.1) is 0 Å². The summed E-state index contributed by atoms with van der Waals surface area (Å²) in [6.07, 6.45) is 0. The van der Waals surface area contributed by atoms with E-state index in [1.165, 1.54) is 0 Å². The second-order valence-electron chi connectivity index (χ2n) is 4.41. The number of carbonyl (C=O) groups is 1. The second kappa shape index (κ2) is 6.73. The van der Waals surface area contributed by atoms with Gasteiger partial charge in [0.2, 0.25) is 0 Å². The molecule has 2 aromatic carbocycles. The van der Waals surface area contributed by atoms with E-state index in [4.69, 9.17) is 5.73 Å². The summed E-state index contributed by atoms with van der Waals surface area (Å²) in [4.78, 5) is 14.0. The van der Waals surface area contributed by atoms with Crippen molar-refractivity contribution < 1.29 is 4.79 Å². The monoisotopic (exact) mass is 269 g/mol. The molecule has 2 aromatic rings. The molecule has 0 fully saturated rings. The summed E-state index contributed by atoms with van der Waals surface area (Å²) in [5, 5.41) is 2.90. The summed E-state index contributed by atoms with van der Waals surface area (Å²) >= 11 is 0. The molecule has 0 aliphatic heterocycles. The number of nitrogens with one attached hydrogen (secondary N) is 1. The number of benzene rings is 2. The van der Waals surface area contributed by atoms with Gasteiger partial charge in [-0.1, -0.05) is 30.3 Å². The fraction of sp³-hybridized carbons (Fsp3) is 0.188. The van der Waals surface area contributed by atoms with E-state index in [0.717, 1.165) is 16.9 Å². The molecule has 104 valence electrons. The number of amides is 2. The fourth-order valence-electron chi connectivity index (χ4n) is 2.02. The average molecular weight is 269 g/mol. The van der Waals surface area contributed by atoms with Crippen LogP contribution < -0.4 is 16.0 Å². The van der Waals surface area contributed by atoms with Crippen molar-refractivity contribution in [2.45, 2.75) is 13.5 Å². The van der Waals surface area contributed by atoms with Crippen LogP contribution in [0.4, 0.5) is 16.2 Å². The molecule has 20 heavy (non-hydrogen) atoms. The van der Waals surface area contributed by atoms with Gasteiger partial charge in [0, 0.05) is 24.5 Å². The van der Waals surface area contributed by atoms with Crippen molar-refractivity contribution in [3.8, 4) is 0 Å². The molecule has 2 rings (SSSR count). The van der Waals surface area contributed by atoms with Gasteiger partial charge in [-0.2, -0.15) is 0 Å². The van der Waals surface area contributed by atoms with E-state index in [0.29, 0.717) is 13.1 Å². The molecule has 0 heterocycles. The minimum atomic E-state index is -0.145. The fourth-order valence-corrected chi connectivity index (χ4v) is 2.02. The number of carbonyl (C=O) groups excluding carboxylic acids is 1. The first-order valence-electron chi connectivity index (χ1n) is 6.67. The Bertz CT molecular complexity index is 569. The number of nitrogens with two attached hydrogens (primary N) is 1. The lowest BCUT2D eigenvalue weighted by Crippen LogP contribution is -2.34. The number of para-hydroxylation sites is 1. The number of rotatable bonds is 4. The number of anilines is 2. The van der Waals surface area contributed by atoms with Gasteiger partial charge in [-0.05, 0) is 36.8 Å². The number of nitrogens with zero attached hydrogens (tertiary/aromatic N) is 1. The molecule has 0 unspecified atom stereocenters. The van der Waals surface area contributed by atoms with E-state index < -0.39 is 0 Å². The van der Waals surface area contributed by atoms with Crippen LogP contribution in [0.1, 0.15) is 12.5 Å². The molecule has 4 nitrogen and oxygen atoms in total. The van der Waals surface area contributed by atoms with Crippen LogP contribution in [-0.4, -0.2) is 12.6 Å². The molecule has 0 radical (unpaired) electrons. The topological polar surface area (TPSA) is 58.4 Å². The van der Waals surface area contributed by atoms with Gasteiger partial charge >= 0.3 is 6.03 Å². The first-order valence-corrected chi connectivity index (χ1v) is 6.67. The van der Waals surface area contributed by atoms with Crippen LogP contribution >= 0.6 is 0 Å². The van der Waals surface area contributed by atoms with E-state index in [2.05, 4.69) is 5.32 Å². The predicted molar refractivity (Wildman–Crippen MR) is 82.8 cm³/mol. The lowest BCUT2D eigenvalue weighted by Gasteiger charge is -2.21. The Hall–Kier alpha value is -2.33. The Balaban J connectivity index is 2.13. The molecule has 0 bridgehead atoms. The zero-order valence-corrected chi connectivity index (χ0v) is 11.5. The highest BCUT2D eigenvalue weighted by molar-refractivity contribution is 6.01. The third kappa shape index (κ3) is 3.36. The van der Waals surface area contributed by atoms with E-state index in [1.807, 2.05) is 61.5 Å². The largest absolute Gasteiger partial charge is 0.326 e. The highest BCUT2D eigenvalue weighted by atomic mass is 16.2. The van der Waals surface area contributed by atoms with Gasteiger partial charge < -0.3 is 11.1 Å². The smallest absolute Gasteiger partial charge is 0.326 e. The molecule has 4 heteroatoms. The molecule has 0 aromatic heterocycles. The van der Waals surface area contributed by atoms with Gasteiger partial charge in [0.15, 0.2) is 0 Å². The molecular formula is C16H19N3O. The molecule has 0 aliphatic rings. The van der Waals surface area contributed by atoms with Gasteiger partial charge in [-0.3, -0.25) is 4.90 Å². The highest BCUT2D eigenvalue weighted by Gasteiger charge is 2.13. The van der Waals surface area contributed by atoms with Crippen LogP contribution in [0, 0.1) is 0 Å². The summed E-state index contributed by atoms with van der Waals surface area (Å²) < 4.78 is 0. The predicted octanol–water partition coefficient (Wildman–Crippen LogP) is 3.20. The molecular weight excluding hydrogens is 250 g/mol. The van der Waals surface area contributed by atoms with Crippen molar-refractivity contribution in [3.05, 3.63) is 60.2 Å². The average Bonchev–Trinajstić information content (AvgIpc) is 2.49. The first kappa shape index (κ1) is 14.1. The minimum absolute atomic E-state index is 0.145. The van der Waals surface area contributed by atoms with Crippen molar-refractivity contribution in [1.82, 2.24) is 0 Å². The van der Waals surface area contributed by atoms with Crippen LogP contribution in [0.25, 0.3) is 0 Å². The molecule has 2 amide bonds. The quantitative estimate of drug-likeness (QED) is 0.895. The van der Waals surface area contributed by atoms with Gasteiger partial charge in [0.1, 0.15) is 0 Å². The summed E-state index contributed by atoms with van der Waals surface area (Å²) in [6.45, 7) is 3.01. The van der Waals surface area contributed by atoms with Crippen LogP contribution in [0.15, 0.2) is 54.6 Å². The standard InChI is InChI=1S/C16H19N3O/c1-2-19(15-9-4-3-5-10-15)16(20)18-14-8-6-7-13(11-14)12-17/h3-11H,2,12,17H2,1H3,(H,18,20). The maximum Gasteiger partial charge on any atom is 0.326 e. The Morgan fingerprint density at radius 3 is 2.55 bits per heavy atom. The second-order valence-corrected chi connectivity index (χ2v) is 4.41. The van der Waals surface area contributed by atoms with Crippen molar-refractivity contribution in [1.29, 1.82) is 0 Å². The zero-order chi connectivity index (χ0) is 14.4. The van der Waals surface area contributed by atoms with Crippen LogP contribution in [-0.2, 0) is 6.54 Å². The molecule has 0 spiro atoms. The van der Waals surface area contributed by atoms with Gasteiger partial charge in [-0.15, -0.1) is 0 Å². The van der Waals surface area contributed by atoms with Crippen molar-refractivity contribution in [2.24, 2.45) is 5.73 Å². The number of hydrogen-bond donors (Lipinski definition) is 2. The van der Waals surface area contributed by atoms with E-state index in [9.17, 15) is 4.79 Å². The third-order valence-electron chi connectivity index (χ3n) is 3.04. The Kier molecular flexibility index (Phi) is 4.74. The molecule has 3 N–H and O–H groups in total. The molecule has 0 aliphatic carbocycles. The zero-order valence-electron chi connectivity index (χ0n) is 11.5. The summed E-state index contributed by atoms with van der Waals surface area (Å²) in [7, 11) is 0. The Morgan fingerprint density at radius 1 is 1.15 bits per heavy atom. The molecule has 0 saturated heterocycles. The van der Waals surface area contributed by atoms with Gasteiger partial charge in [0.25, 0.3) is 0 Å². The maximum atomic E-state index is 12.3. The minimum Gasteiger partial charge on any atom is -0.326 e. The molecule has 0 saturated carbocycles. The third-order valence-corrected chi connectivity index (χ3v) is 3.04. The van der Waals surface area contributed by atoms with E-state index >= 15 is 0 Å². The normalized spacial score (nSPS) is 10.1. The van der Waals surface area contributed by atoms with Crippen LogP contribution in [0.5, 0.6) is 0 Å². The summed E-state index contributed by atoms with van der Waals surface area (Å²) in [5.74, 6) is 0. The number of urea groups is 1. The summed E-state index contributed by atoms with van der Waals surface area (Å²) in [5.41, 5.74) is 8.23. The Labute approximate surface area is 119 Å². The highest BCUT2D eigenvalue weighted by Crippen LogP contribution is 2.16. The SMILES string of the molecule is CCN(C(=O)Nc1cccc(CN)c1)c1ccccc1. The van der Waals surface area contributed by atoms with Crippen molar-refractivity contribution in [2.75, 3.05) is 16.8 Å². The lowest BCUT2D eigenvalue weighted by atomic mass is 10.2. The van der Waals surface area contributed by atoms with Gasteiger partial charge in [-0.25, -0.2) is 4.79 Å². The first-order chi connectivity index (χ1) is 9.74. The van der Waals surface area contributed by atoms with Crippen LogP contribution in [0.3, 0.4) is 0 Å². The number of hydrogen-bond acceptors (Lipinski definition) is 2. The van der Waals surface area contributed by atoms with Crippen molar-refractivity contribution in [3.63, 3.8) is 0 Å². The maximum absolute atomic E-state index is 12.3. The Morgan fingerprint density at radius 2 is 1.90 bits per heavy atom. The lowest BCUT2D eigenvalue weighted by molar-refractivity contribution is 0.257.